The molecule has 0 amide bonds. The molecule has 1 fully saturated rings. The fraction of sp³-hybridized carbons (Fsp3) is 1.00. The zero-order chi connectivity index (χ0) is 5.28. The summed E-state index contributed by atoms with van der Waals surface area (Å²) in [5.74, 6) is 0. The van der Waals surface area contributed by atoms with Gasteiger partial charge in [-0.15, -0.1) is 0 Å². The Labute approximate surface area is 58.2 Å². The number of likely N-dealkylation sites (N-methyl/N-ethyl adjacent to an activating group) is 1. The first-order chi connectivity index (χ1) is 3.38. The summed E-state index contributed by atoms with van der Waals surface area (Å²) in [5, 5.41) is 0. The lowest BCUT2D eigenvalue weighted by atomic mass is 10.6. The van der Waals surface area contributed by atoms with Gasteiger partial charge in [0.05, 0.1) is 0 Å². The highest BCUT2D eigenvalue weighted by molar-refractivity contribution is 14.1. The second kappa shape index (κ2) is 2.31. The van der Waals surface area contributed by atoms with Gasteiger partial charge in [-0.2, -0.15) is 0 Å². The van der Waals surface area contributed by atoms with Crippen LogP contribution in [0.2, 0.25) is 0 Å². The van der Waals surface area contributed by atoms with Crippen LogP contribution in [-0.2, 0) is 0 Å². The van der Waals surface area contributed by atoms with Crippen molar-refractivity contribution in [2.45, 2.75) is 13.0 Å². The number of hydrogen-bond donors (Lipinski definition) is 0. The van der Waals surface area contributed by atoms with Crippen LogP contribution in [0.5, 0.6) is 0 Å². The van der Waals surface area contributed by atoms with Crippen LogP contribution in [0.15, 0.2) is 0 Å². The molecule has 0 aromatic heterocycles. The average Bonchev–Trinajstić information content (AvgIpc) is 2.43. The van der Waals surface area contributed by atoms with E-state index in [1.165, 1.54) is 17.5 Å². The van der Waals surface area contributed by atoms with Gasteiger partial charge in [0.25, 0.3) is 0 Å². The number of rotatable bonds is 2. The molecule has 0 spiro atoms. The molecule has 2 heteroatoms. The number of nitrogens with zero attached hydrogens (tertiary/aromatic N) is 1. The Morgan fingerprint density at radius 1 is 1.86 bits per heavy atom. The minimum absolute atomic E-state index is 0.936. The predicted octanol–water partition coefficient (Wildman–Crippen LogP) is 1.13. The minimum atomic E-state index is 0.936. The van der Waals surface area contributed by atoms with E-state index in [0.29, 0.717) is 0 Å². The van der Waals surface area contributed by atoms with Gasteiger partial charge < -0.3 is 0 Å². The zero-order valence-electron chi connectivity index (χ0n) is 4.52. The number of alkyl halides is 1. The van der Waals surface area contributed by atoms with E-state index in [1.54, 1.807) is 0 Å². The van der Waals surface area contributed by atoms with Crippen molar-refractivity contribution in [2.75, 3.05) is 17.5 Å². The summed E-state index contributed by atoms with van der Waals surface area (Å²) in [7, 11) is 0. The lowest BCUT2D eigenvalue weighted by molar-refractivity contribution is 0.554. The van der Waals surface area contributed by atoms with Gasteiger partial charge >= 0.3 is 0 Å². The number of hydrogen-bond acceptors (Lipinski definition) is 1. The Bertz CT molecular complexity index is 57.1. The molecular formula is C5H10IN. The summed E-state index contributed by atoms with van der Waals surface area (Å²) in [6.45, 7) is 4.80. The van der Waals surface area contributed by atoms with Crippen LogP contribution in [0.4, 0.5) is 0 Å². The predicted molar refractivity (Wildman–Crippen MR) is 39.9 cm³/mol. The summed E-state index contributed by atoms with van der Waals surface area (Å²) in [5.41, 5.74) is 0. The van der Waals surface area contributed by atoms with Crippen molar-refractivity contribution in [3.63, 3.8) is 0 Å². The monoisotopic (exact) mass is 211 g/mol. The van der Waals surface area contributed by atoms with Crippen molar-refractivity contribution in [3.8, 4) is 0 Å². The van der Waals surface area contributed by atoms with Crippen LogP contribution < -0.4 is 0 Å². The third kappa shape index (κ3) is 1.29. The van der Waals surface area contributed by atoms with Crippen molar-refractivity contribution >= 4 is 22.6 Å². The first kappa shape index (κ1) is 5.82. The molecule has 0 aromatic carbocycles. The molecule has 1 saturated heterocycles. The summed E-state index contributed by atoms with van der Waals surface area (Å²) in [4.78, 5) is 2.46. The van der Waals surface area contributed by atoms with Gasteiger partial charge in [0.1, 0.15) is 0 Å². The molecule has 7 heavy (non-hydrogen) atoms. The van der Waals surface area contributed by atoms with E-state index >= 15 is 0 Å². The molecule has 2 atom stereocenters. The van der Waals surface area contributed by atoms with E-state index in [-0.39, 0.29) is 0 Å². The molecule has 0 aliphatic carbocycles. The third-order valence-corrected chi connectivity index (χ3v) is 2.43. The van der Waals surface area contributed by atoms with Gasteiger partial charge in [0, 0.05) is 17.0 Å². The van der Waals surface area contributed by atoms with E-state index in [2.05, 4.69) is 34.4 Å². The molecule has 1 aliphatic heterocycles. The Morgan fingerprint density at radius 2 is 2.57 bits per heavy atom. The molecule has 1 heterocycles. The summed E-state index contributed by atoms with van der Waals surface area (Å²) in [6.07, 6.45) is 0. The average molecular weight is 211 g/mol. The topological polar surface area (TPSA) is 3.01 Å². The molecule has 0 saturated carbocycles. The van der Waals surface area contributed by atoms with Crippen LogP contribution in [-0.4, -0.2) is 28.5 Å². The van der Waals surface area contributed by atoms with Crippen LogP contribution >= 0.6 is 22.6 Å². The first-order valence-corrected chi connectivity index (χ1v) is 4.21. The minimum Gasteiger partial charge on any atom is -0.297 e. The van der Waals surface area contributed by atoms with Crippen molar-refractivity contribution < 1.29 is 0 Å². The van der Waals surface area contributed by atoms with Gasteiger partial charge in [0.2, 0.25) is 0 Å². The molecule has 0 aromatic rings. The van der Waals surface area contributed by atoms with Crippen molar-refractivity contribution in [3.05, 3.63) is 0 Å². The SMILES string of the molecule is CCN1C[C@H]1CI. The highest BCUT2D eigenvalue weighted by atomic mass is 127. The Hall–Kier alpha value is 0.690. The van der Waals surface area contributed by atoms with E-state index in [9.17, 15) is 0 Å². The zero-order valence-corrected chi connectivity index (χ0v) is 6.68. The Kier molecular flexibility index (Phi) is 1.92. The standard InChI is InChI=1S/C5H10IN/c1-2-7-4-5(7)3-6/h5H,2-4H2,1H3/t5-,7?/m1/s1. The first-order valence-electron chi connectivity index (χ1n) is 2.68. The molecule has 42 valence electrons. The summed E-state index contributed by atoms with van der Waals surface area (Å²) >= 11 is 2.44. The fourth-order valence-electron chi connectivity index (χ4n) is 0.757. The lowest BCUT2D eigenvalue weighted by Crippen LogP contribution is -1.99. The van der Waals surface area contributed by atoms with Crippen LogP contribution in [0, 0.1) is 0 Å². The van der Waals surface area contributed by atoms with Crippen LogP contribution in [0.1, 0.15) is 6.92 Å². The molecular weight excluding hydrogens is 201 g/mol. The third-order valence-electron chi connectivity index (χ3n) is 1.41. The molecule has 1 rings (SSSR count). The second-order valence-corrected chi connectivity index (χ2v) is 2.78. The smallest absolute Gasteiger partial charge is 0.0313 e. The van der Waals surface area contributed by atoms with Crippen molar-refractivity contribution in [2.24, 2.45) is 0 Å². The maximum absolute atomic E-state index is 2.46. The van der Waals surface area contributed by atoms with Gasteiger partial charge in [-0.25, -0.2) is 0 Å². The highest BCUT2D eigenvalue weighted by Crippen LogP contribution is 2.17. The normalized spacial score (nSPS) is 38.6. The Balaban J connectivity index is 2.06. The van der Waals surface area contributed by atoms with Gasteiger partial charge in [-0.3, -0.25) is 4.90 Å². The molecule has 0 radical (unpaired) electrons. The summed E-state index contributed by atoms with van der Waals surface area (Å²) < 4.78 is 1.31. The van der Waals surface area contributed by atoms with Gasteiger partial charge in [-0.05, 0) is 6.54 Å². The van der Waals surface area contributed by atoms with Crippen LogP contribution in [0.3, 0.4) is 0 Å². The second-order valence-electron chi connectivity index (χ2n) is 1.90. The maximum Gasteiger partial charge on any atom is 0.0313 e. The number of halogens is 1. The Morgan fingerprint density at radius 3 is 2.71 bits per heavy atom. The van der Waals surface area contributed by atoms with Gasteiger partial charge in [-0.1, -0.05) is 29.5 Å². The molecule has 1 aliphatic rings. The fourth-order valence-corrected chi connectivity index (χ4v) is 1.59. The molecule has 0 bridgehead atoms. The molecule has 0 N–H and O–H groups in total. The largest absolute Gasteiger partial charge is 0.297 e. The van der Waals surface area contributed by atoms with Gasteiger partial charge in [0.15, 0.2) is 0 Å². The van der Waals surface area contributed by atoms with E-state index in [1.807, 2.05) is 0 Å². The lowest BCUT2D eigenvalue weighted by Gasteiger charge is -1.90. The highest BCUT2D eigenvalue weighted by Gasteiger charge is 2.29. The summed E-state index contributed by atoms with van der Waals surface area (Å²) in [6, 6.07) is 0.936. The van der Waals surface area contributed by atoms with E-state index in [4.69, 9.17) is 0 Å². The maximum atomic E-state index is 2.46. The van der Waals surface area contributed by atoms with E-state index in [0.717, 1.165) is 6.04 Å². The quantitative estimate of drug-likeness (QED) is 0.376. The van der Waals surface area contributed by atoms with Crippen LogP contribution in [0.25, 0.3) is 0 Å². The molecule has 1 nitrogen and oxygen atoms in total. The molecule has 1 unspecified atom stereocenters. The van der Waals surface area contributed by atoms with E-state index < -0.39 is 0 Å². The van der Waals surface area contributed by atoms with Crippen molar-refractivity contribution in [1.82, 2.24) is 4.90 Å². The van der Waals surface area contributed by atoms with Crippen molar-refractivity contribution in [1.29, 1.82) is 0 Å².